The Labute approximate surface area is 140 Å². The minimum atomic E-state index is 0.267. The first kappa shape index (κ1) is 17.5. The van der Waals surface area contributed by atoms with Crippen LogP contribution in [0.3, 0.4) is 0 Å². The molecule has 1 aliphatic carbocycles. The van der Waals surface area contributed by atoms with Crippen molar-refractivity contribution in [3.8, 4) is 0 Å². The lowest BCUT2D eigenvalue weighted by molar-refractivity contribution is 0.412. The van der Waals surface area contributed by atoms with Crippen LogP contribution in [0.2, 0.25) is 0 Å². The number of nitrogens with zero attached hydrogens (tertiary/aromatic N) is 2. The maximum absolute atomic E-state index is 5.85. The molecule has 1 aromatic heterocycles. The molecule has 0 atom stereocenters. The van der Waals surface area contributed by atoms with Crippen molar-refractivity contribution >= 4 is 11.7 Å². The number of aromatic nitrogens is 1. The predicted molar refractivity (Wildman–Crippen MR) is 99.0 cm³/mol. The summed E-state index contributed by atoms with van der Waals surface area (Å²) in [5.74, 6) is 1.45. The normalized spacial score (nSPS) is 18.3. The molecule has 3 N–H and O–H groups in total. The summed E-state index contributed by atoms with van der Waals surface area (Å²) >= 11 is 0. The highest BCUT2D eigenvalue weighted by Gasteiger charge is 2.35. The van der Waals surface area contributed by atoms with E-state index in [0.717, 1.165) is 17.9 Å². The van der Waals surface area contributed by atoms with Crippen molar-refractivity contribution in [3.05, 3.63) is 35.2 Å². The number of rotatable bonds is 6. The molecule has 0 bridgehead atoms. The highest BCUT2D eigenvalue weighted by Crippen LogP contribution is 2.43. The number of pyridine rings is 1. The second kappa shape index (κ2) is 7.62. The van der Waals surface area contributed by atoms with E-state index in [0.29, 0.717) is 12.4 Å². The standard InChI is InChI=1S/C19H30N4/c1-5-19(9-7-8-10-19)16-11-14(3)12-18(23-16)22-15(4)13-17(20)21-6-2/h11-13H,5-10H2,1-4H3,(H2,20,21)(H,22,23)/b15-13+. The van der Waals surface area contributed by atoms with Gasteiger partial charge in [0.05, 0.1) is 0 Å². The lowest BCUT2D eigenvalue weighted by atomic mass is 9.79. The maximum atomic E-state index is 5.85. The van der Waals surface area contributed by atoms with Gasteiger partial charge in [-0.2, -0.15) is 0 Å². The molecule has 0 unspecified atom stereocenters. The van der Waals surface area contributed by atoms with Gasteiger partial charge in [0.15, 0.2) is 0 Å². The molecule has 4 nitrogen and oxygen atoms in total. The van der Waals surface area contributed by atoms with Crippen LogP contribution in [0, 0.1) is 6.92 Å². The molecule has 1 heterocycles. The van der Waals surface area contributed by atoms with Crippen molar-refractivity contribution in [2.45, 2.75) is 65.2 Å². The van der Waals surface area contributed by atoms with Crippen LogP contribution in [-0.4, -0.2) is 17.4 Å². The Morgan fingerprint density at radius 2 is 2.04 bits per heavy atom. The number of nitrogens with two attached hydrogens (primary N) is 1. The van der Waals surface area contributed by atoms with Crippen LogP contribution in [0.25, 0.3) is 0 Å². The lowest BCUT2D eigenvalue weighted by Gasteiger charge is -2.27. The molecular formula is C19H30N4. The summed E-state index contributed by atoms with van der Waals surface area (Å²) in [4.78, 5) is 9.11. The van der Waals surface area contributed by atoms with Gasteiger partial charge in [-0.25, -0.2) is 4.98 Å². The van der Waals surface area contributed by atoms with E-state index in [4.69, 9.17) is 10.7 Å². The quantitative estimate of drug-likeness (QED) is 0.607. The molecule has 126 valence electrons. The van der Waals surface area contributed by atoms with E-state index in [1.54, 1.807) is 0 Å². The van der Waals surface area contributed by atoms with E-state index in [2.05, 4.69) is 36.3 Å². The van der Waals surface area contributed by atoms with E-state index >= 15 is 0 Å². The smallest absolute Gasteiger partial charge is 0.130 e. The topological polar surface area (TPSA) is 63.3 Å². The van der Waals surface area contributed by atoms with Crippen LogP contribution < -0.4 is 11.1 Å². The number of allylic oxidation sites excluding steroid dienone is 1. The van der Waals surface area contributed by atoms with Crippen molar-refractivity contribution in [1.82, 2.24) is 4.98 Å². The van der Waals surface area contributed by atoms with Gasteiger partial charge in [-0.1, -0.05) is 19.8 Å². The summed E-state index contributed by atoms with van der Waals surface area (Å²) in [7, 11) is 0. The number of hydrogen-bond acceptors (Lipinski definition) is 3. The fourth-order valence-corrected chi connectivity index (χ4v) is 3.53. The number of aryl methyl sites for hydroxylation is 1. The van der Waals surface area contributed by atoms with Crippen molar-refractivity contribution in [2.75, 3.05) is 11.9 Å². The average molecular weight is 314 g/mol. The average Bonchev–Trinajstić information content (AvgIpc) is 2.96. The Bertz CT molecular complexity index is 595. The third-order valence-electron chi connectivity index (χ3n) is 4.78. The molecule has 0 radical (unpaired) electrons. The zero-order valence-electron chi connectivity index (χ0n) is 14.9. The minimum absolute atomic E-state index is 0.267. The van der Waals surface area contributed by atoms with Gasteiger partial charge in [-0.3, -0.25) is 4.99 Å². The molecule has 0 spiro atoms. The molecular weight excluding hydrogens is 284 g/mol. The zero-order chi connectivity index (χ0) is 16.9. The first-order chi connectivity index (χ1) is 11.0. The van der Waals surface area contributed by atoms with Crippen LogP contribution in [0.5, 0.6) is 0 Å². The summed E-state index contributed by atoms with van der Waals surface area (Å²) in [6, 6.07) is 4.35. The zero-order valence-corrected chi connectivity index (χ0v) is 14.9. The largest absolute Gasteiger partial charge is 0.384 e. The number of aliphatic imine (C=N–C) groups is 1. The first-order valence-electron chi connectivity index (χ1n) is 8.73. The molecule has 1 aromatic rings. The Morgan fingerprint density at radius 3 is 2.65 bits per heavy atom. The SMILES string of the molecule is CC/N=C(N)\C=C(/C)Nc1cc(C)cc(C2(CC)CCCC2)n1. The second-order valence-electron chi connectivity index (χ2n) is 6.61. The van der Waals surface area contributed by atoms with Crippen LogP contribution in [0.4, 0.5) is 5.82 Å². The Hall–Kier alpha value is -1.84. The highest BCUT2D eigenvalue weighted by molar-refractivity contribution is 5.92. The van der Waals surface area contributed by atoms with Gasteiger partial charge < -0.3 is 11.1 Å². The van der Waals surface area contributed by atoms with Gasteiger partial charge in [-0.05, 0) is 63.8 Å². The van der Waals surface area contributed by atoms with Crippen molar-refractivity contribution in [1.29, 1.82) is 0 Å². The Morgan fingerprint density at radius 1 is 1.35 bits per heavy atom. The molecule has 1 fully saturated rings. The fourth-order valence-electron chi connectivity index (χ4n) is 3.53. The van der Waals surface area contributed by atoms with Crippen LogP contribution in [0.1, 0.15) is 64.1 Å². The van der Waals surface area contributed by atoms with Crippen molar-refractivity contribution in [3.63, 3.8) is 0 Å². The summed E-state index contributed by atoms with van der Waals surface area (Å²) in [6.45, 7) is 9.09. The van der Waals surface area contributed by atoms with Gasteiger partial charge in [0.2, 0.25) is 0 Å². The first-order valence-corrected chi connectivity index (χ1v) is 8.73. The monoisotopic (exact) mass is 314 g/mol. The number of hydrogen-bond donors (Lipinski definition) is 2. The van der Waals surface area contributed by atoms with Crippen LogP contribution >= 0.6 is 0 Å². The lowest BCUT2D eigenvalue weighted by Crippen LogP contribution is -2.23. The number of nitrogens with one attached hydrogen (secondary N) is 1. The van der Waals surface area contributed by atoms with Crippen LogP contribution in [0.15, 0.2) is 28.9 Å². The predicted octanol–water partition coefficient (Wildman–Crippen LogP) is 4.30. The molecule has 2 rings (SSSR count). The molecule has 0 aliphatic heterocycles. The third-order valence-corrected chi connectivity index (χ3v) is 4.78. The minimum Gasteiger partial charge on any atom is -0.384 e. The van der Waals surface area contributed by atoms with Crippen LogP contribution in [-0.2, 0) is 5.41 Å². The van der Waals surface area contributed by atoms with Gasteiger partial charge in [0.1, 0.15) is 11.7 Å². The number of amidine groups is 1. The Kier molecular flexibility index (Phi) is 5.80. The summed E-state index contributed by atoms with van der Waals surface area (Å²) in [5, 5.41) is 3.37. The Balaban J connectivity index is 2.26. The fraction of sp³-hybridized carbons (Fsp3) is 0.579. The molecule has 1 saturated carbocycles. The molecule has 1 aliphatic rings. The molecule has 0 saturated heterocycles. The summed E-state index contributed by atoms with van der Waals surface area (Å²) < 4.78 is 0. The second-order valence-corrected chi connectivity index (χ2v) is 6.61. The molecule has 23 heavy (non-hydrogen) atoms. The number of anilines is 1. The van der Waals surface area contributed by atoms with E-state index in [9.17, 15) is 0 Å². The summed E-state index contributed by atoms with van der Waals surface area (Å²) in [6.07, 6.45) is 8.16. The van der Waals surface area contributed by atoms with Gasteiger partial charge in [0.25, 0.3) is 0 Å². The van der Waals surface area contributed by atoms with E-state index < -0.39 is 0 Å². The summed E-state index contributed by atoms with van der Waals surface area (Å²) in [5.41, 5.74) is 9.57. The van der Waals surface area contributed by atoms with Gasteiger partial charge >= 0.3 is 0 Å². The van der Waals surface area contributed by atoms with E-state index in [-0.39, 0.29) is 5.41 Å². The van der Waals surface area contributed by atoms with Crippen molar-refractivity contribution < 1.29 is 0 Å². The van der Waals surface area contributed by atoms with E-state index in [1.165, 1.54) is 36.9 Å². The molecule has 0 aromatic carbocycles. The highest BCUT2D eigenvalue weighted by atomic mass is 15.0. The third kappa shape index (κ3) is 4.34. The molecule has 4 heteroatoms. The maximum Gasteiger partial charge on any atom is 0.130 e. The van der Waals surface area contributed by atoms with Gasteiger partial charge in [0, 0.05) is 23.4 Å². The van der Waals surface area contributed by atoms with Crippen molar-refractivity contribution in [2.24, 2.45) is 10.7 Å². The van der Waals surface area contributed by atoms with Gasteiger partial charge in [-0.15, -0.1) is 0 Å². The molecule has 0 amide bonds. The van der Waals surface area contributed by atoms with E-state index in [1.807, 2.05) is 19.9 Å².